The topological polar surface area (TPSA) is 135 Å². The maximum absolute atomic E-state index is 12.7. The van der Waals surface area contributed by atoms with Crippen LogP contribution in [0.1, 0.15) is 129 Å². The van der Waals surface area contributed by atoms with Gasteiger partial charge in [-0.05, 0) is 77.0 Å². The van der Waals surface area contributed by atoms with E-state index in [2.05, 4.69) is 86.8 Å². The lowest BCUT2D eigenvalue weighted by molar-refractivity contribution is -0.305. The van der Waals surface area contributed by atoms with Crippen molar-refractivity contribution in [3.05, 3.63) is 72.9 Å². The Bertz CT molecular complexity index is 1020. The van der Waals surface area contributed by atoms with Gasteiger partial charge in [0, 0.05) is 13.0 Å². The number of ether oxygens (including phenoxy) is 4. The molecule has 0 amide bonds. The zero-order chi connectivity index (χ0) is 37.9. The van der Waals surface area contributed by atoms with E-state index in [1.54, 1.807) is 0 Å². The molecular weight excluding hydrogens is 660 g/mol. The molecule has 0 saturated carbocycles. The number of aliphatic hydroxyl groups is 4. The van der Waals surface area contributed by atoms with Crippen LogP contribution in [0.4, 0.5) is 0 Å². The number of unbranched alkanes of at least 4 members (excludes halogenated alkanes) is 9. The van der Waals surface area contributed by atoms with Crippen molar-refractivity contribution in [2.24, 2.45) is 0 Å². The Balaban J connectivity index is 2.36. The third-order valence-corrected chi connectivity index (χ3v) is 8.61. The van der Waals surface area contributed by atoms with E-state index < -0.39 is 43.4 Å². The van der Waals surface area contributed by atoms with Gasteiger partial charge in [0.05, 0.1) is 19.8 Å². The predicted octanol–water partition coefficient (Wildman–Crippen LogP) is 8.13. The van der Waals surface area contributed by atoms with Gasteiger partial charge in [0.2, 0.25) is 0 Å². The molecule has 0 aromatic carbocycles. The van der Waals surface area contributed by atoms with Gasteiger partial charge in [-0.15, -0.1) is 0 Å². The van der Waals surface area contributed by atoms with Gasteiger partial charge in [0.25, 0.3) is 0 Å². The van der Waals surface area contributed by atoms with Crippen molar-refractivity contribution < 1.29 is 44.2 Å². The SMILES string of the molecule is CC/C=C\C/C=C\C/C=C\C/C=C\C/C=C\CCCCOCC(COC1OC(CO)C(O)C(O)C1O)OC(=O)CCCCCCC/C=C\CCCC. The fourth-order valence-corrected chi connectivity index (χ4v) is 5.44. The first-order chi connectivity index (χ1) is 25.4. The number of carbonyl (C=O) groups is 1. The Morgan fingerprint density at radius 3 is 1.79 bits per heavy atom. The van der Waals surface area contributed by atoms with Crippen LogP contribution in [0.2, 0.25) is 0 Å². The summed E-state index contributed by atoms with van der Waals surface area (Å²) in [4.78, 5) is 12.7. The fraction of sp³-hybridized carbons (Fsp3) is 0.698. The Hall–Kier alpha value is -2.37. The van der Waals surface area contributed by atoms with Crippen molar-refractivity contribution in [2.75, 3.05) is 26.4 Å². The van der Waals surface area contributed by atoms with E-state index in [0.29, 0.717) is 13.0 Å². The van der Waals surface area contributed by atoms with Crippen molar-refractivity contribution in [1.82, 2.24) is 0 Å². The van der Waals surface area contributed by atoms with Gasteiger partial charge in [-0.25, -0.2) is 0 Å². The largest absolute Gasteiger partial charge is 0.457 e. The maximum atomic E-state index is 12.7. The standard InChI is InChI=1S/C43H72O9/c1-3-5-7-9-11-13-15-16-17-18-19-20-21-23-25-27-29-31-33-49-35-37(36-50-43-42(48)41(47)40(46)38(34-44)52-43)51-39(45)32-30-28-26-24-22-14-12-10-8-6-4-2/h5,7,10-13,16-17,19-20,23,25,37-38,40-44,46-48H,3-4,6,8-9,14-15,18,21-22,24,26-36H2,1-2H3/b7-5-,12-10-,13-11-,17-16-,20-19-,25-23-. The first kappa shape index (κ1) is 47.7. The highest BCUT2D eigenvalue weighted by Gasteiger charge is 2.44. The molecule has 6 atom stereocenters. The quantitative estimate of drug-likeness (QED) is 0.0307. The Labute approximate surface area is 315 Å². The van der Waals surface area contributed by atoms with Gasteiger partial charge in [-0.2, -0.15) is 0 Å². The maximum Gasteiger partial charge on any atom is 0.306 e. The molecule has 1 aliphatic heterocycles. The lowest BCUT2D eigenvalue weighted by atomic mass is 9.99. The highest BCUT2D eigenvalue weighted by atomic mass is 16.7. The van der Waals surface area contributed by atoms with Crippen LogP contribution in [0.15, 0.2) is 72.9 Å². The van der Waals surface area contributed by atoms with E-state index in [0.717, 1.165) is 96.3 Å². The van der Waals surface area contributed by atoms with Crippen LogP contribution in [-0.4, -0.2) is 89.6 Å². The van der Waals surface area contributed by atoms with E-state index in [1.165, 1.54) is 12.8 Å². The van der Waals surface area contributed by atoms with Crippen LogP contribution in [0.25, 0.3) is 0 Å². The zero-order valence-corrected chi connectivity index (χ0v) is 32.3. The molecule has 1 aliphatic rings. The number of rotatable bonds is 32. The molecule has 6 unspecified atom stereocenters. The molecule has 1 heterocycles. The molecule has 0 aromatic heterocycles. The van der Waals surface area contributed by atoms with Crippen molar-refractivity contribution in [1.29, 1.82) is 0 Å². The molecule has 0 bridgehead atoms. The third kappa shape index (κ3) is 25.6. The summed E-state index contributed by atoms with van der Waals surface area (Å²) in [5, 5.41) is 40.0. The van der Waals surface area contributed by atoms with Crippen molar-refractivity contribution in [3.63, 3.8) is 0 Å². The Kier molecular flexibility index (Phi) is 31.5. The molecule has 1 rings (SSSR count). The van der Waals surface area contributed by atoms with Crippen molar-refractivity contribution >= 4 is 5.97 Å². The summed E-state index contributed by atoms with van der Waals surface area (Å²) in [6.07, 6.45) is 36.5. The van der Waals surface area contributed by atoms with Gasteiger partial charge in [0.15, 0.2) is 6.29 Å². The lowest BCUT2D eigenvalue weighted by Crippen LogP contribution is -2.59. The van der Waals surface area contributed by atoms with Gasteiger partial charge in [-0.1, -0.05) is 119 Å². The number of esters is 1. The number of carbonyl (C=O) groups excluding carboxylic acids is 1. The summed E-state index contributed by atoms with van der Waals surface area (Å²) in [7, 11) is 0. The molecule has 4 N–H and O–H groups in total. The van der Waals surface area contributed by atoms with Crippen molar-refractivity contribution in [3.8, 4) is 0 Å². The van der Waals surface area contributed by atoms with Crippen LogP contribution >= 0.6 is 0 Å². The van der Waals surface area contributed by atoms with Gasteiger partial charge in [-0.3, -0.25) is 4.79 Å². The highest BCUT2D eigenvalue weighted by molar-refractivity contribution is 5.69. The van der Waals surface area contributed by atoms with Crippen LogP contribution in [0.3, 0.4) is 0 Å². The summed E-state index contributed by atoms with van der Waals surface area (Å²) in [5.41, 5.74) is 0. The van der Waals surface area contributed by atoms with E-state index in [4.69, 9.17) is 18.9 Å². The zero-order valence-electron chi connectivity index (χ0n) is 32.3. The second kappa shape index (κ2) is 34.4. The molecule has 1 fully saturated rings. The average molecular weight is 733 g/mol. The first-order valence-electron chi connectivity index (χ1n) is 20.0. The fourth-order valence-electron chi connectivity index (χ4n) is 5.44. The van der Waals surface area contributed by atoms with Gasteiger partial charge in [0.1, 0.15) is 30.5 Å². The number of hydrogen-bond acceptors (Lipinski definition) is 9. The second-order valence-electron chi connectivity index (χ2n) is 13.3. The van der Waals surface area contributed by atoms with Crippen LogP contribution in [0.5, 0.6) is 0 Å². The molecule has 9 nitrogen and oxygen atoms in total. The van der Waals surface area contributed by atoms with E-state index in [-0.39, 0.29) is 19.2 Å². The summed E-state index contributed by atoms with van der Waals surface area (Å²) in [5.74, 6) is -0.344. The minimum absolute atomic E-state index is 0.108. The second-order valence-corrected chi connectivity index (χ2v) is 13.3. The predicted molar refractivity (Wildman–Crippen MR) is 210 cm³/mol. The molecule has 298 valence electrons. The minimum Gasteiger partial charge on any atom is -0.457 e. The molecule has 1 saturated heterocycles. The molecule has 0 aliphatic carbocycles. The molecule has 52 heavy (non-hydrogen) atoms. The van der Waals surface area contributed by atoms with E-state index >= 15 is 0 Å². The normalized spacial score (nSPS) is 22.0. The Morgan fingerprint density at radius 2 is 1.17 bits per heavy atom. The first-order valence-corrected chi connectivity index (χ1v) is 20.0. The summed E-state index contributed by atoms with van der Waals surface area (Å²) in [6, 6.07) is 0. The number of aliphatic hydroxyl groups excluding tert-OH is 4. The average Bonchev–Trinajstić information content (AvgIpc) is 3.14. The van der Waals surface area contributed by atoms with Crippen LogP contribution in [-0.2, 0) is 23.7 Å². The smallest absolute Gasteiger partial charge is 0.306 e. The van der Waals surface area contributed by atoms with Gasteiger partial charge < -0.3 is 39.4 Å². The molecule has 0 aromatic rings. The lowest BCUT2D eigenvalue weighted by Gasteiger charge is -2.39. The number of allylic oxidation sites excluding steroid dienone is 12. The molecular formula is C43H72O9. The Morgan fingerprint density at radius 1 is 0.635 bits per heavy atom. The van der Waals surface area contributed by atoms with Crippen molar-refractivity contribution in [2.45, 2.75) is 166 Å². The summed E-state index contributed by atoms with van der Waals surface area (Å²) < 4.78 is 22.6. The van der Waals surface area contributed by atoms with Crippen LogP contribution < -0.4 is 0 Å². The van der Waals surface area contributed by atoms with Gasteiger partial charge >= 0.3 is 5.97 Å². The van der Waals surface area contributed by atoms with E-state index in [1.807, 2.05) is 0 Å². The monoisotopic (exact) mass is 733 g/mol. The third-order valence-electron chi connectivity index (χ3n) is 8.61. The summed E-state index contributed by atoms with van der Waals surface area (Å²) in [6.45, 7) is 4.25. The van der Waals surface area contributed by atoms with E-state index in [9.17, 15) is 25.2 Å². The number of hydrogen-bond donors (Lipinski definition) is 4. The highest BCUT2D eigenvalue weighted by Crippen LogP contribution is 2.22. The minimum atomic E-state index is -1.55. The van der Waals surface area contributed by atoms with Crippen LogP contribution in [0, 0.1) is 0 Å². The summed E-state index contributed by atoms with van der Waals surface area (Å²) >= 11 is 0. The molecule has 0 radical (unpaired) electrons. The molecule has 9 heteroatoms. The molecule has 0 spiro atoms.